The quantitative estimate of drug-likeness (QED) is 0.770. The Hall–Kier alpha value is -1.14. The summed E-state index contributed by atoms with van der Waals surface area (Å²) in [6.07, 6.45) is 3.07. The number of likely N-dealkylation sites (tertiary alicyclic amines) is 1. The maximum atomic E-state index is 12.9. The third-order valence-corrected chi connectivity index (χ3v) is 5.90. The van der Waals surface area contributed by atoms with Crippen molar-refractivity contribution in [2.24, 2.45) is 11.8 Å². The molecule has 0 saturated carbocycles. The third-order valence-electron chi connectivity index (χ3n) is 5.44. The lowest BCUT2D eigenvalue weighted by atomic mass is 9.91. The Morgan fingerprint density at radius 1 is 1.16 bits per heavy atom. The standard InChI is InChI=1S/C19H29BrN4O/c1-14-10-15(2)13-24(12-14)19(25)16(3)22-6-8-23(9-7-22)18-5-4-17(20)11-21-18/h4-5,11,14-16H,6-10,12-13H2,1-3H3. The molecule has 25 heavy (non-hydrogen) atoms. The molecule has 1 aromatic heterocycles. The van der Waals surface area contributed by atoms with Gasteiger partial charge in [0, 0.05) is 49.9 Å². The van der Waals surface area contributed by atoms with Crippen LogP contribution in [0.15, 0.2) is 22.8 Å². The van der Waals surface area contributed by atoms with Crippen LogP contribution in [0.1, 0.15) is 27.2 Å². The minimum absolute atomic E-state index is 0.0301. The van der Waals surface area contributed by atoms with Gasteiger partial charge in [0.1, 0.15) is 5.82 Å². The number of halogens is 1. The molecule has 3 unspecified atom stereocenters. The SMILES string of the molecule is CC1CC(C)CN(C(=O)C(C)N2CCN(c3ccc(Br)cn3)CC2)C1. The van der Waals surface area contributed by atoms with Crippen molar-refractivity contribution in [1.29, 1.82) is 0 Å². The first-order valence-electron chi connectivity index (χ1n) is 9.33. The predicted molar refractivity (Wildman–Crippen MR) is 105 cm³/mol. The van der Waals surface area contributed by atoms with Crippen LogP contribution in [0.2, 0.25) is 0 Å². The van der Waals surface area contributed by atoms with E-state index in [1.165, 1.54) is 6.42 Å². The highest BCUT2D eigenvalue weighted by Crippen LogP contribution is 2.23. The summed E-state index contributed by atoms with van der Waals surface area (Å²) in [5, 5.41) is 0. The van der Waals surface area contributed by atoms with Crippen LogP contribution in [0.3, 0.4) is 0 Å². The van der Waals surface area contributed by atoms with Gasteiger partial charge < -0.3 is 9.80 Å². The lowest BCUT2D eigenvalue weighted by Gasteiger charge is -2.41. The Morgan fingerprint density at radius 3 is 2.36 bits per heavy atom. The number of carbonyl (C=O) groups excluding carboxylic acids is 1. The van der Waals surface area contributed by atoms with Gasteiger partial charge in [-0.1, -0.05) is 13.8 Å². The molecule has 2 fully saturated rings. The number of amides is 1. The number of hydrogen-bond acceptors (Lipinski definition) is 4. The number of aromatic nitrogens is 1. The van der Waals surface area contributed by atoms with Crippen LogP contribution in [0.25, 0.3) is 0 Å². The fraction of sp³-hybridized carbons (Fsp3) is 0.684. The van der Waals surface area contributed by atoms with E-state index in [-0.39, 0.29) is 6.04 Å². The summed E-state index contributed by atoms with van der Waals surface area (Å²) in [6, 6.07) is 4.04. The number of piperidine rings is 1. The van der Waals surface area contributed by atoms with Gasteiger partial charge in [0.15, 0.2) is 0 Å². The lowest BCUT2D eigenvalue weighted by Crippen LogP contribution is -2.56. The average Bonchev–Trinajstić information content (AvgIpc) is 2.60. The van der Waals surface area contributed by atoms with Gasteiger partial charge >= 0.3 is 0 Å². The predicted octanol–water partition coefficient (Wildman–Crippen LogP) is 2.86. The molecule has 0 spiro atoms. The summed E-state index contributed by atoms with van der Waals surface area (Å²) >= 11 is 3.43. The number of carbonyl (C=O) groups is 1. The molecule has 3 atom stereocenters. The van der Waals surface area contributed by atoms with Crippen molar-refractivity contribution >= 4 is 27.7 Å². The van der Waals surface area contributed by atoms with Crippen LogP contribution in [0.4, 0.5) is 5.82 Å². The Morgan fingerprint density at radius 2 is 1.80 bits per heavy atom. The van der Waals surface area contributed by atoms with E-state index in [4.69, 9.17) is 0 Å². The fourth-order valence-corrected chi connectivity index (χ4v) is 4.39. The van der Waals surface area contributed by atoms with Crippen LogP contribution >= 0.6 is 15.9 Å². The Balaban J connectivity index is 1.55. The van der Waals surface area contributed by atoms with Crippen molar-refractivity contribution in [1.82, 2.24) is 14.8 Å². The molecule has 6 heteroatoms. The maximum absolute atomic E-state index is 12.9. The molecule has 2 saturated heterocycles. The first-order chi connectivity index (χ1) is 11.9. The topological polar surface area (TPSA) is 39.7 Å². The zero-order chi connectivity index (χ0) is 18.0. The van der Waals surface area contributed by atoms with Crippen molar-refractivity contribution in [3.8, 4) is 0 Å². The largest absolute Gasteiger partial charge is 0.354 e. The van der Waals surface area contributed by atoms with Gasteiger partial charge in [0.25, 0.3) is 0 Å². The molecular weight excluding hydrogens is 380 g/mol. The summed E-state index contributed by atoms with van der Waals surface area (Å²) in [4.78, 5) is 24.1. The molecule has 3 heterocycles. The molecule has 0 bridgehead atoms. The molecule has 1 aromatic rings. The van der Waals surface area contributed by atoms with Gasteiger partial charge in [-0.2, -0.15) is 0 Å². The van der Waals surface area contributed by atoms with Crippen molar-refractivity contribution in [3.05, 3.63) is 22.8 Å². The fourth-order valence-electron chi connectivity index (χ4n) is 4.16. The van der Waals surface area contributed by atoms with Gasteiger partial charge in [-0.25, -0.2) is 4.98 Å². The number of nitrogens with zero attached hydrogens (tertiary/aromatic N) is 4. The molecule has 0 radical (unpaired) electrons. The summed E-state index contributed by atoms with van der Waals surface area (Å²) in [6.45, 7) is 12.0. The highest BCUT2D eigenvalue weighted by atomic mass is 79.9. The third kappa shape index (κ3) is 4.53. The Labute approximate surface area is 159 Å². The molecular formula is C19H29BrN4O. The van der Waals surface area contributed by atoms with Crippen LogP contribution in [0, 0.1) is 11.8 Å². The summed E-state index contributed by atoms with van der Waals surface area (Å²) < 4.78 is 0.999. The molecule has 2 aliphatic rings. The van der Waals surface area contributed by atoms with E-state index in [1.807, 2.05) is 18.3 Å². The molecule has 2 aliphatic heterocycles. The van der Waals surface area contributed by atoms with Gasteiger partial charge in [0.2, 0.25) is 5.91 Å². The summed E-state index contributed by atoms with van der Waals surface area (Å²) in [5.41, 5.74) is 0. The molecule has 0 aliphatic carbocycles. The van der Waals surface area contributed by atoms with Crippen LogP contribution in [0.5, 0.6) is 0 Å². The maximum Gasteiger partial charge on any atom is 0.239 e. The van der Waals surface area contributed by atoms with E-state index < -0.39 is 0 Å². The van der Waals surface area contributed by atoms with E-state index in [1.54, 1.807) is 0 Å². The minimum atomic E-state index is -0.0301. The number of hydrogen-bond donors (Lipinski definition) is 0. The monoisotopic (exact) mass is 408 g/mol. The van der Waals surface area contributed by atoms with Gasteiger partial charge in [-0.15, -0.1) is 0 Å². The van der Waals surface area contributed by atoms with Crippen molar-refractivity contribution < 1.29 is 4.79 Å². The smallest absolute Gasteiger partial charge is 0.239 e. The second kappa shape index (κ2) is 8.04. The second-order valence-corrected chi connectivity index (χ2v) is 8.64. The van der Waals surface area contributed by atoms with Crippen molar-refractivity contribution in [3.63, 3.8) is 0 Å². The average molecular weight is 409 g/mol. The number of pyridine rings is 1. The Kier molecular flexibility index (Phi) is 6.00. The van der Waals surface area contributed by atoms with E-state index in [2.05, 4.69) is 56.4 Å². The first-order valence-corrected chi connectivity index (χ1v) is 10.1. The van der Waals surface area contributed by atoms with E-state index in [0.29, 0.717) is 17.7 Å². The molecule has 3 rings (SSSR count). The summed E-state index contributed by atoms with van der Waals surface area (Å²) in [7, 11) is 0. The zero-order valence-corrected chi connectivity index (χ0v) is 17.1. The van der Waals surface area contributed by atoms with Crippen LogP contribution in [-0.2, 0) is 4.79 Å². The van der Waals surface area contributed by atoms with Crippen molar-refractivity contribution in [2.75, 3.05) is 44.2 Å². The summed E-state index contributed by atoms with van der Waals surface area (Å²) in [5.74, 6) is 2.54. The molecule has 1 amide bonds. The minimum Gasteiger partial charge on any atom is -0.354 e. The molecule has 0 aromatic carbocycles. The number of anilines is 1. The second-order valence-electron chi connectivity index (χ2n) is 7.72. The van der Waals surface area contributed by atoms with Crippen LogP contribution in [-0.4, -0.2) is 66.0 Å². The van der Waals surface area contributed by atoms with Gasteiger partial charge in [-0.05, 0) is 53.2 Å². The van der Waals surface area contributed by atoms with E-state index in [9.17, 15) is 4.79 Å². The molecule has 138 valence electrons. The van der Waals surface area contributed by atoms with Gasteiger partial charge in [0.05, 0.1) is 6.04 Å². The normalized spacial score (nSPS) is 26.6. The number of piperazine rings is 1. The molecule has 5 nitrogen and oxygen atoms in total. The van der Waals surface area contributed by atoms with E-state index in [0.717, 1.165) is 49.6 Å². The highest BCUT2D eigenvalue weighted by molar-refractivity contribution is 9.10. The van der Waals surface area contributed by atoms with E-state index >= 15 is 0 Å². The Bertz CT molecular complexity index is 576. The zero-order valence-electron chi connectivity index (χ0n) is 15.5. The first kappa shape index (κ1) is 18.6. The van der Waals surface area contributed by atoms with Crippen molar-refractivity contribution in [2.45, 2.75) is 33.2 Å². The van der Waals surface area contributed by atoms with Gasteiger partial charge in [-0.3, -0.25) is 9.69 Å². The van der Waals surface area contributed by atoms with Crippen LogP contribution < -0.4 is 4.90 Å². The molecule has 0 N–H and O–H groups in total. The number of rotatable bonds is 3. The lowest BCUT2D eigenvalue weighted by molar-refractivity contribution is -0.139. The highest BCUT2D eigenvalue weighted by Gasteiger charge is 2.32.